The van der Waals surface area contributed by atoms with E-state index >= 15 is 0 Å². The van der Waals surface area contributed by atoms with E-state index in [0.717, 1.165) is 141 Å². The van der Waals surface area contributed by atoms with Crippen LogP contribution in [0.1, 0.15) is 245 Å². The minimum Gasteiger partial charge on any atom is -0.462 e. The van der Waals surface area contributed by atoms with E-state index in [-0.39, 0.29) is 31.1 Å². The standard InChI is InChI=1S/C64H104O6/c1-4-7-10-13-16-19-22-25-28-30-32-34-36-39-42-45-48-51-54-57-63(66)69-60-61(59-68-62(65)56-53-50-47-44-41-38-27-24-21-18-15-12-9-6-3)70-64(67)58-55-52-49-46-43-40-37-35-33-31-29-26-23-20-17-14-11-8-5-2/h7-12,16-21,25-26,28-29,32,34,39,42,61H,4-6,13-15,22-24,27,30-31,33,35-38,40-41,43-60H2,1-3H3/b10-7-,11-8-,12-9-,19-16-,20-17-,21-18-,28-25-,29-26-,34-32-,42-39-. The van der Waals surface area contributed by atoms with Crippen LogP contribution in [0, 0.1) is 0 Å². The Morgan fingerprint density at radius 3 is 0.814 bits per heavy atom. The zero-order valence-electron chi connectivity index (χ0n) is 45.2. The van der Waals surface area contributed by atoms with Gasteiger partial charge in [0.1, 0.15) is 13.2 Å². The molecule has 0 radical (unpaired) electrons. The summed E-state index contributed by atoms with van der Waals surface area (Å²) >= 11 is 0. The summed E-state index contributed by atoms with van der Waals surface area (Å²) in [6, 6.07) is 0. The molecule has 70 heavy (non-hydrogen) atoms. The number of rotatable bonds is 50. The summed E-state index contributed by atoms with van der Waals surface area (Å²) in [4.78, 5) is 38.2. The Labute approximate surface area is 431 Å². The number of carbonyl (C=O) groups is 3. The summed E-state index contributed by atoms with van der Waals surface area (Å²) in [6.07, 6.45) is 79.0. The molecule has 396 valence electrons. The second-order valence-electron chi connectivity index (χ2n) is 18.4. The van der Waals surface area contributed by atoms with Crippen molar-refractivity contribution in [1.29, 1.82) is 0 Å². The van der Waals surface area contributed by atoms with Gasteiger partial charge in [0, 0.05) is 19.3 Å². The normalized spacial score (nSPS) is 13.0. The quantitative estimate of drug-likeness (QED) is 0.0262. The molecule has 0 aromatic rings. The molecule has 0 aromatic heterocycles. The maximum Gasteiger partial charge on any atom is 0.306 e. The largest absolute Gasteiger partial charge is 0.462 e. The molecule has 0 aromatic carbocycles. The van der Waals surface area contributed by atoms with Gasteiger partial charge in [0.25, 0.3) is 0 Å². The maximum atomic E-state index is 12.9. The van der Waals surface area contributed by atoms with E-state index in [1.165, 1.54) is 64.2 Å². The monoisotopic (exact) mass is 969 g/mol. The van der Waals surface area contributed by atoms with Gasteiger partial charge in [0.2, 0.25) is 0 Å². The van der Waals surface area contributed by atoms with E-state index < -0.39 is 6.10 Å². The van der Waals surface area contributed by atoms with Gasteiger partial charge in [-0.25, -0.2) is 0 Å². The Morgan fingerprint density at radius 2 is 0.514 bits per heavy atom. The van der Waals surface area contributed by atoms with Gasteiger partial charge in [0.15, 0.2) is 6.10 Å². The van der Waals surface area contributed by atoms with Crippen LogP contribution in [0.4, 0.5) is 0 Å². The zero-order valence-corrected chi connectivity index (χ0v) is 45.2. The number of carbonyl (C=O) groups excluding carboxylic acids is 3. The fourth-order valence-electron chi connectivity index (χ4n) is 7.52. The highest BCUT2D eigenvalue weighted by atomic mass is 16.6. The van der Waals surface area contributed by atoms with Crippen LogP contribution >= 0.6 is 0 Å². The van der Waals surface area contributed by atoms with E-state index in [0.29, 0.717) is 19.3 Å². The highest BCUT2D eigenvalue weighted by molar-refractivity contribution is 5.71. The van der Waals surface area contributed by atoms with Crippen LogP contribution in [-0.2, 0) is 28.6 Å². The Hall–Kier alpha value is -4.19. The molecule has 0 aliphatic rings. The number of ether oxygens (including phenoxy) is 3. The van der Waals surface area contributed by atoms with Crippen molar-refractivity contribution < 1.29 is 28.6 Å². The summed E-state index contributed by atoms with van der Waals surface area (Å²) < 4.78 is 16.8. The first-order chi connectivity index (χ1) is 34.5. The van der Waals surface area contributed by atoms with Crippen LogP contribution in [0.15, 0.2) is 122 Å². The van der Waals surface area contributed by atoms with Crippen LogP contribution in [0.5, 0.6) is 0 Å². The predicted octanol–water partition coefficient (Wildman–Crippen LogP) is 19.3. The van der Waals surface area contributed by atoms with Crippen molar-refractivity contribution in [2.24, 2.45) is 0 Å². The molecule has 0 bridgehead atoms. The number of unbranched alkanes of at least 4 members (excludes halogenated alkanes) is 19. The molecule has 1 atom stereocenters. The summed E-state index contributed by atoms with van der Waals surface area (Å²) in [5, 5.41) is 0. The van der Waals surface area contributed by atoms with Crippen LogP contribution in [0.3, 0.4) is 0 Å². The smallest absolute Gasteiger partial charge is 0.306 e. The molecule has 6 nitrogen and oxygen atoms in total. The van der Waals surface area contributed by atoms with Gasteiger partial charge in [-0.05, 0) is 122 Å². The van der Waals surface area contributed by atoms with Gasteiger partial charge in [-0.1, -0.05) is 226 Å². The molecular weight excluding hydrogens is 865 g/mol. The number of hydrogen-bond acceptors (Lipinski definition) is 6. The van der Waals surface area contributed by atoms with E-state index in [9.17, 15) is 14.4 Å². The van der Waals surface area contributed by atoms with Gasteiger partial charge in [0.05, 0.1) is 0 Å². The molecule has 0 fully saturated rings. The highest BCUT2D eigenvalue weighted by Crippen LogP contribution is 2.14. The van der Waals surface area contributed by atoms with Crippen molar-refractivity contribution in [2.45, 2.75) is 252 Å². The molecular formula is C64H104O6. The molecule has 0 amide bonds. The lowest BCUT2D eigenvalue weighted by molar-refractivity contribution is -0.167. The second kappa shape index (κ2) is 57.4. The van der Waals surface area contributed by atoms with Crippen LogP contribution in [0.2, 0.25) is 0 Å². The molecule has 0 saturated carbocycles. The fraction of sp³-hybridized carbons (Fsp3) is 0.641. The number of hydrogen-bond donors (Lipinski definition) is 0. The summed E-state index contributed by atoms with van der Waals surface area (Å²) in [5.74, 6) is -0.946. The number of esters is 3. The van der Waals surface area contributed by atoms with Gasteiger partial charge < -0.3 is 14.2 Å². The van der Waals surface area contributed by atoms with Crippen molar-refractivity contribution in [2.75, 3.05) is 13.2 Å². The van der Waals surface area contributed by atoms with Crippen molar-refractivity contribution in [1.82, 2.24) is 0 Å². The van der Waals surface area contributed by atoms with Crippen LogP contribution in [0.25, 0.3) is 0 Å². The first kappa shape index (κ1) is 65.8. The van der Waals surface area contributed by atoms with E-state index in [2.05, 4.69) is 142 Å². The molecule has 0 aliphatic heterocycles. The van der Waals surface area contributed by atoms with Crippen molar-refractivity contribution in [3.8, 4) is 0 Å². The Kier molecular flexibility index (Phi) is 54.0. The zero-order chi connectivity index (χ0) is 50.7. The minimum absolute atomic E-state index is 0.0979. The van der Waals surface area contributed by atoms with Gasteiger partial charge in [-0.3, -0.25) is 14.4 Å². The fourth-order valence-corrected chi connectivity index (χ4v) is 7.52. The molecule has 0 aliphatic carbocycles. The molecule has 6 heteroatoms. The first-order valence-corrected chi connectivity index (χ1v) is 28.5. The average molecular weight is 970 g/mol. The molecule has 0 heterocycles. The lowest BCUT2D eigenvalue weighted by Crippen LogP contribution is -2.30. The Morgan fingerprint density at radius 1 is 0.286 bits per heavy atom. The molecule has 0 saturated heterocycles. The third kappa shape index (κ3) is 54.7. The topological polar surface area (TPSA) is 78.9 Å². The molecule has 0 spiro atoms. The van der Waals surface area contributed by atoms with Crippen molar-refractivity contribution in [3.05, 3.63) is 122 Å². The minimum atomic E-state index is -0.802. The van der Waals surface area contributed by atoms with Crippen molar-refractivity contribution >= 4 is 17.9 Å². The lowest BCUT2D eigenvalue weighted by atomic mass is 10.1. The summed E-state index contributed by atoms with van der Waals surface area (Å²) in [6.45, 7) is 6.27. The van der Waals surface area contributed by atoms with E-state index in [1.807, 2.05) is 0 Å². The molecule has 0 N–H and O–H groups in total. The SMILES string of the molecule is CC/C=C\C/C=C\C/C=C\C/C=C\C/C=C\CCCCCC(=O)OCC(COC(=O)CCCCCCCCC/C=C\C/C=C\CC)OC(=O)CCCCCCCCCCC/C=C\C/C=C\C/C=C\CC. The van der Waals surface area contributed by atoms with Gasteiger partial charge in [-0.2, -0.15) is 0 Å². The lowest BCUT2D eigenvalue weighted by Gasteiger charge is -2.18. The summed E-state index contributed by atoms with van der Waals surface area (Å²) in [7, 11) is 0. The van der Waals surface area contributed by atoms with Gasteiger partial charge in [-0.15, -0.1) is 0 Å². The maximum absolute atomic E-state index is 12.9. The van der Waals surface area contributed by atoms with Gasteiger partial charge >= 0.3 is 17.9 Å². The highest BCUT2D eigenvalue weighted by Gasteiger charge is 2.19. The van der Waals surface area contributed by atoms with Crippen LogP contribution < -0.4 is 0 Å². The van der Waals surface area contributed by atoms with Crippen molar-refractivity contribution in [3.63, 3.8) is 0 Å². The van der Waals surface area contributed by atoms with E-state index in [4.69, 9.17) is 14.2 Å². The Bertz CT molecular complexity index is 1490. The first-order valence-electron chi connectivity index (χ1n) is 28.5. The predicted molar refractivity (Wildman–Crippen MR) is 302 cm³/mol. The summed E-state index contributed by atoms with van der Waals surface area (Å²) in [5.41, 5.74) is 0. The average Bonchev–Trinajstić information content (AvgIpc) is 3.36. The second-order valence-corrected chi connectivity index (χ2v) is 18.4. The third-order valence-electron chi connectivity index (χ3n) is 11.7. The Balaban J connectivity index is 4.47. The third-order valence-corrected chi connectivity index (χ3v) is 11.7. The molecule has 1 unspecified atom stereocenters. The van der Waals surface area contributed by atoms with Crippen LogP contribution in [-0.4, -0.2) is 37.2 Å². The van der Waals surface area contributed by atoms with E-state index in [1.54, 1.807) is 0 Å². The molecule has 0 rings (SSSR count). The number of allylic oxidation sites excluding steroid dienone is 20.